The number of carbonyl (C=O) groups excluding carboxylic acids is 1. The predicted octanol–water partition coefficient (Wildman–Crippen LogP) is 3.53. The number of aromatic nitrogens is 5. The van der Waals surface area contributed by atoms with Crippen LogP contribution in [-0.4, -0.2) is 67.2 Å². The molecule has 43 heavy (non-hydrogen) atoms. The van der Waals surface area contributed by atoms with Crippen molar-refractivity contribution in [3.63, 3.8) is 0 Å². The second-order valence-corrected chi connectivity index (χ2v) is 11.0. The summed E-state index contributed by atoms with van der Waals surface area (Å²) in [5.41, 5.74) is 4.80. The van der Waals surface area contributed by atoms with Gasteiger partial charge in [-0.25, -0.2) is 14.5 Å². The molecule has 0 N–H and O–H groups in total. The third-order valence-electron chi connectivity index (χ3n) is 8.46. The maximum atomic E-state index is 13.4. The maximum Gasteiger partial charge on any atom is 0.256 e. The molecule has 2 aliphatic rings. The lowest BCUT2D eigenvalue weighted by atomic mass is 10.0. The quantitative estimate of drug-likeness (QED) is 0.314. The van der Waals surface area contributed by atoms with Crippen molar-refractivity contribution in [3.8, 4) is 34.2 Å². The zero-order valence-electron chi connectivity index (χ0n) is 23.7. The second-order valence-electron chi connectivity index (χ2n) is 11.0. The number of amides is 1. The first kappa shape index (κ1) is 26.4. The fourth-order valence-electron chi connectivity index (χ4n) is 6.24. The van der Waals surface area contributed by atoms with Gasteiger partial charge in [-0.2, -0.15) is 10.4 Å². The minimum absolute atomic E-state index is 0.000108. The van der Waals surface area contributed by atoms with E-state index < -0.39 is 0 Å². The molecule has 2 fully saturated rings. The van der Waals surface area contributed by atoms with E-state index in [0.29, 0.717) is 35.6 Å². The highest BCUT2D eigenvalue weighted by Gasteiger charge is 2.43. The van der Waals surface area contributed by atoms with Gasteiger partial charge in [-0.1, -0.05) is 0 Å². The van der Waals surface area contributed by atoms with Crippen LogP contribution in [0.5, 0.6) is 5.88 Å². The van der Waals surface area contributed by atoms with Crippen LogP contribution >= 0.6 is 0 Å². The molecule has 2 aliphatic heterocycles. The van der Waals surface area contributed by atoms with E-state index in [0.717, 1.165) is 40.9 Å². The number of nitriles is 1. The summed E-state index contributed by atoms with van der Waals surface area (Å²) in [6.07, 6.45) is 10.4. The Bertz CT molecular complexity index is 1940. The van der Waals surface area contributed by atoms with E-state index in [1.54, 1.807) is 55.5 Å². The summed E-state index contributed by atoms with van der Waals surface area (Å²) in [5, 5.41) is 14.2. The van der Waals surface area contributed by atoms with Gasteiger partial charge in [0.05, 0.1) is 42.0 Å². The number of fused-ring (bicyclic) bond motifs is 3. The zero-order valence-corrected chi connectivity index (χ0v) is 23.7. The molecule has 1 amide bonds. The number of aryl methyl sites for hydroxylation is 1. The van der Waals surface area contributed by atoms with Crippen molar-refractivity contribution in [2.24, 2.45) is 7.05 Å². The first-order valence-corrected chi connectivity index (χ1v) is 14.1. The smallest absolute Gasteiger partial charge is 0.256 e. The Balaban J connectivity index is 1.17. The molecule has 2 saturated heterocycles. The molecule has 2 bridgehead atoms. The van der Waals surface area contributed by atoms with Crippen LogP contribution in [0.3, 0.4) is 0 Å². The molecule has 2 atom stereocenters. The van der Waals surface area contributed by atoms with Crippen LogP contribution in [0.1, 0.15) is 28.8 Å². The van der Waals surface area contributed by atoms with Gasteiger partial charge in [0.15, 0.2) is 0 Å². The summed E-state index contributed by atoms with van der Waals surface area (Å²) in [4.78, 5) is 39.0. The highest BCUT2D eigenvalue weighted by Crippen LogP contribution is 2.35. The average molecular weight is 573 g/mol. The van der Waals surface area contributed by atoms with E-state index in [2.05, 4.69) is 21.1 Å². The van der Waals surface area contributed by atoms with Gasteiger partial charge in [-0.05, 0) is 48.7 Å². The van der Waals surface area contributed by atoms with Gasteiger partial charge in [0.1, 0.15) is 11.9 Å². The van der Waals surface area contributed by atoms with Gasteiger partial charge in [-0.15, -0.1) is 0 Å². The number of hydrogen-bond donors (Lipinski definition) is 0. The number of piperazine rings is 1. The molecule has 0 radical (unpaired) electrons. The Labute approximate surface area is 247 Å². The SMILES string of the molecule is COc1ccc(C(=O)N2C3CCC2CN(c2ccc(-c4cc(-c5ccn(C)c(=O)c5)cn5ncc(C#N)c45)cn2)C3)cn1. The van der Waals surface area contributed by atoms with Crippen molar-refractivity contribution < 1.29 is 9.53 Å². The monoisotopic (exact) mass is 572 g/mol. The molecule has 214 valence electrons. The highest BCUT2D eigenvalue weighted by atomic mass is 16.5. The largest absolute Gasteiger partial charge is 0.481 e. The Hall–Kier alpha value is -5.50. The van der Waals surface area contributed by atoms with E-state index >= 15 is 0 Å². The molecule has 11 nitrogen and oxygen atoms in total. The van der Waals surface area contributed by atoms with Crippen LogP contribution < -0.4 is 15.2 Å². The Morgan fingerprint density at radius 2 is 1.79 bits per heavy atom. The number of methoxy groups -OCH3 is 1. The fourth-order valence-corrected chi connectivity index (χ4v) is 6.24. The van der Waals surface area contributed by atoms with Gasteiger partial charge < -0.3 is 19.1 Å². The first-order chi connectivity index (χ1) is 20.9. The van der Waals surface area contributed by atoms with Crippen molar-refractivity contribution >= 4 is 17.2 Å². The molecule has 5 aromatic rings. The third kappa shape index (κ3) is 4.57. The van der Waals surface area contributed by atoms with Crippen LogP contribution in [0.4, 0.5) is 5.82 Å². The van der Waals surface area contributed by atoms with Crippen LogP contribution in [0, 0.1) is 11.3 Å². The number of rotatable bonds is 5. The molecule has 0 saturated carbocycles. The summed E-state index contributed by atoms with van der Waals surface area (Å²) in [7, 11) is 3.26. The van der Waals surface area contributed by atoms with E-state index in [1.165, 1.54) is 4.57 Å². The number of ether oxygens (including phenoxy) is 1. The lowest BCUT2D eigenvalue weighted by Crippen LogP contribution is -2.56. The summed E-state index contributed by atoms with van der Waals surface area (Å²) in [5.74, 6) is 1.32. The number of hydrogen-bond acceptors (Lipinski definition) is 8. The maximum absolute atomic E-state index is 13.4. The van der Waals surface area contributed by atoms with Crippen molar-refractivity contribution in [2.45, 2.75) is 24.9 Å². The molecular formula is C32H28N8O3. The molecule has 0 aliphatic carbocycles. The van der Waals surface area contributed by atoms with Crippen molar-refractivity contribution in [3.05, 3.63) is 94.9 Å². The molecule has 7 heterocycles. The van der Waals surface area contributed by atoms with Gasteiger partial charge in [0.25, 0.3) is 11.5 Å². The number of nitrogens with zero attached hydrogens (tertiary/aromatic N) is 8. The Kier molecular flexibility index (Phi) is 6.39. The van der Waals surface area contributed by atoms with Crippen molar-refractivity contribution in [1.82, 2.24) is 29.0 Å². The average Bonchev–Trinajstić information content (AvgIpc) is 3.58. The topological polar surface area (TPSA) is 122 Å². The van der Waals surface area contributed by atoms with Crippen LogP contribution in [-0.2, 0) is 7.05 Å². The van der Waals surface area contributed by atoms with Crippen LogP contribution in [0.2, 0.25) is 0 Å². The van der Waals surface area contributed by atoms with E-state index in [1.807, 2.05) is 41.6 Å². The fraction of sp³-hybridized carbons (Fsp3) is 0.250. The summed E-state index contributed by atoms with van der Waals surface area (Å²) >= 11 is 0. The Morgan fingerprint density at radius 1 is 0.977 bits per heavy atom. The highest BCUT2D eigenvalue weighted by molar-refractivity contribution is 5.95. The van der Waals surface area contributed by atoms with E-state index in [4.69, 9.17) is 9.72 Å². The van der Waals surface area contributed by atoms with Gasteiger partial charge >= 0.3 is 0 Å². The van der Waals surface area contributed by atoms with E-state index in [9.17, 15) is 14.9 Å². The Morgan fingerprint density at radius 3 is 2.44 bits per heavy atom. The molecule has 7 rings (SSSR count). The molecule has 5 aromatic heterocycles. The number of carbonyl (C=O) groups is 1. The minimum Gasteiger partial charge on any atom is -0.481 e. The van der Waals surface area contributed by atoms with E-state index in [-0.39, 0.29) is 23.6 Å². The van der Waals surface area contributed by atoms with Crippen molar-refractivity contribution in [1.29, 1.82) is 5.26 Å². The lowest BCUT2D eigenvalue weighted by Gasteiger charge is -2.41. The summed E-state index contributed by atoms with van der Waals surface area (Å²) in [6.45, 7) is 1.39. The predicted molar refractivity (Wildman–Crippen MR) is 160 cm³/mol. The second kappa shape index (κ2) is 10.4. The number of anilines is 1. The van der Waals surface area contributed by atoms with Gasteiger partial charge in [0, 0.05) is 73.7 Å². The minimum atomic E-state index is -0.111. The molecular weight excluding hydrogens is 544 g/mol. The molecule has 0 spiro atoms. The molecule has 11 heteroatoms. The van der Waals surface area contributed by atoms with Gasteiger partial charge in [0.2, 0.25) is 5.88 Å². The van der Waals surface area contributed by atoms with Crippen LogP contribution in [0.25, 0.3) is 27.8 Å². The number of pyridine rings is 4. The van der Waals surface area contributed by atoms with Crippen molar-refractivity contribution in [2.75, 3.05) is 25.1 Å². The third-order valence-corrected chi connectivity index (χ3v) is 8.46. The molecule has 0 aromatic carbocycles. The van der Waals surface area contributed by atoms with Gasteiger partial charge in [-0.3, -0.25) is 9.59 Å². The lowest BCUT2D eigenvalue weighted by molar-refractivity contribution is 0.0640. The normalized spacial score (nSPS) is 17.7. The summed E-state index contributed by atoms with van der Waals surface area (Å²) < 4.78 is 8.33. The summed E-state index contributed by atoms with van der Waals surface area (Å²) in [6, 6.07) is 15.3. The van der Waals surface area contributed by atoms with Crippen LogP contribution in [0.15, 0.2) is 78.2 Å². The zero-order chi connectivity index (χ0) is 29.7. The first-order valence-electron chi connectivity index (χ1n) is 14.1. The molecule has 2 unspecified atom stereocenters. The standard InChI is InChI=1S/C32H28N8O3/c1-37-10-9-20(12-30(37)41)23-11-27(31-24(13-33)16-36-39(31)17-23)21-3-7-28(34-14-21)38-18-25-5-6-26(19-38)40(25)32(42)22-4-8-29(43-2)35-15-22/h3-4,7-12,14-17,25-26H,5-6,18-19H2,1-2H3.